The van der Waals surface area contributed by atoms with E-state index in [2.05, 4.69) is 5.10 Å². The SMILES string of the molecule is CC(C)n1nc(C(F)F)c2c1C(F)(F)[C@@H]1[C@H](C)[C@H]21. The van der Waals surface area contributed by atoms with E-state index >= 15 is 0 Å². The largest absolute Gasteiger partial charge is 0.293 e. The van der Waals surface area contributed by atoms with Gasteiger partial charge in [-0.3, -0.25) is 4.68 Å². The number of rotatable bonds is 2. The third-order valence-corrected chi connectivity index (χ3v) is 4.12. The Morgan fingerprint density at radius 3 is 2.39 bits per heavy atom. The topological polar surface area (TPSA) is 17.8 Å². The summed E-state index contributed by atoms with van der Waals surface area (Å²) in [5.41, 5.74) is -0.614. The van der Waals surface area contributed by atoms with Crippen LogP contribution in [0.4, 0.5) is 17.6 Å². The summed E-state index contributed by atoms with van der Waals surface area (Å²) in [7, 11) is 0. The van der Waals surface area contributed by atoms with Crippen molar-refractivity contribution in [2.24, 2.45) is 11.8 Å². The summed E-state index contributed by atoms with van der Waals surface area (Å²) in [4.78, 5) is 0. The Bertz CT molecular complexity index is 506. The predicted molar refractivity (Wildman–Crippen MR) is 56.9 cm³/mol. The molecule has 1 saturated carbocycles. The van der Waals surface area contributed by atoms with Gasteiger partial charge in [0, 0.05) is 23.4 Å². The lowest BCUT2D eigenvalue weighted by atomic mass is 10.1. The van der Waals surface area contributed by atoms with Crippen LogP contribution in [0.5, 0.6) is 0 Å². The van der Waals surface area contributed by atoms with Crippen molar-refractivity contribution >= 4 is 0 Å². The van der Waals surface area contributed by atoms with Crippen molar-refractivity contribution in [1.29, 1.82) is 0 Å². The maximum Gasteiger partial charge on any atom is 0.293 e. The van der Waals surface area contributed by atoms with Gasteiger partial charge in [-0.2, -0.15) is 13.9 Å². The van der Waals surface area contributed by atoms with E-state index in [1.54, 1.807) is 20.8 Å². The molecule has 0 amide bonds. The number of hydrogen-bond donors (Lipinski definition) is 0. The molecule has 18 heavy (non-hydrogen) atoms. The van der Waals surface area contributed by atoms with Crippen LogP contribution >= 0.6 is 0 Å². The Hall–Kier alpha value is -1.07. The number of hydrogen-bond acceptors (Lipinski definition) is 1. The van der Waals surface area contributed by atoms with Gasteiger partial charge in [0.05, 0.1) is 0 Å². The summed E-state index contributed by atoms with van der Waals surface area (Å²) in [6.07, 6.45) is -2.79. The Kier molecular flexibility index (Phi) is 2.18. The fourth-order valence-electron chi connectivity index (χ4n) is 3.28. The minimum atomic E-state index is -3.02. The van der Waals surface area contributed by atoms with E-state index in [-0.39, 0.29) is 23.2 Å². The molecule has 0 N–H and O–H groups in total. The van der Waals surface area contributed by atoms with E-state index in [4.69, 9.17) is 0 Å². The van der Waals surface area contributed by atoms with Crippen LogP contribution in [0.15, 0.2) is 0 Å². The third kappa shape index (κ3) is 1.21. The van der Waals surface area contributed by atoms with Crippen LogP contribution in [0.25, 0.3) is 0 Å². The standard InChI is InChI=1S/C12H14F4N2/c1-4(2)18-10-7(9(17-18)11(13)14)6-5(3)8(6)12(10,15)16/h4-6,8,11H,1-3H3/t5-,6-,8-/m1/s1. The number of alkyl halides is 4. The van der Waals surface area contributed by atoms with Gasteiger partial charge >= 0.3 is 0 Å². The van der Waals surface area contributed by atoms with E-state index in [0.717, 1.165) is 4.68 Å². The van der Waals surface area contributed by atoms with E-state index < -0.39 is 29.9 Å². The zero-order valence-electron chi connectivity index (χ0n) is 10.3. The normalized spacial score (nSPS) is 31.9. The van der Waals surface area contributed by atoms with Crippen LogP contribution in [0.2, 0.25) is 0 Å². The molecular weight excluding hydrogens is 248 g/mol. The highest BCUT2D eigenvalue weighted by Gasteiger charge is 2.71. The van der Waals surface area contributed by atoms with Crippen molar-refractivity contribution in [2.45, 2.75) is 45.1 Å². The number of nitrogens with zero attached hydrogens (tertiary/aromatic N) is 2. The smallest absolute Gasteiger partial charge is 0.260 e. The Morgan fingerprint density at radius 2 is 1.89 bits per heavy atom. The lowest BCUT2D eigenvalue weighted by Gasteiger charge is -2.18. The summed E-state index contributed by atoms with van der Waals surface area (Å²) in [6, 6.07) is -0.343. The highest BCUT2D eigenvalue weighted by Crippen LogP contribution is 2.71. The van der Waals surface area contributed by atoms with Crippen molar-refractivity contribution in [3.63, 3.8) is 0 Å². The molecule has 0 spiro atoms. The highest BCUT2D eigenvalue weighted by atomic mass is 19.3. The van der Waals surface area contributed by atoms with Gasteiger partial charge in [-0.1, -0.05) is 6.92 Å². The van der Waals surface area contributed by atoms with E-state index in [0.29, 0.717) is 0 Å². The molecule has 0 unspecified atom stereocenters. The summed E-state index contributed by atoms with van der Waals surface area (Å²) in [5, 5.41) is 3.72. The monoisotopic (exact) mass is 262 g/mol. The van der Waals surface area contributed by atoms with Crippen molar-refractivity contribution < 1.29 is 17.6 Å². The first-order valence-electron chi connectivity index (χ1n) is 6.07. The molecule has 1 aromatic rings. The summed E-state index contributed by atoms with van der Waals surface area (Å²) < 4.78 is 55.4. The minimum absolute atomic E-state index is 0.112. The molecule has 1 aromatic heterocycles. The van der Waals surface area contributed by atoms with E-state index in [1.807, 2.05) is 0 Å². The van der Waals surface area contributed by atoms with Crippen LogP contribution in [-0.4, -0.2) is 9.78 Å². The number of aromatic nitrogens is 2. The van der Waals surface area contributed by atoms with Crippen LogP contribution in [0.1, 0.15) is 56.1 Å². The predicted octanol–water partition coefficient (Wildman–Crippen LogP) is 3.86. The first-order valence-corrected chi connectivity index (χ1v) is 6.07. The molecule has 2 aliphatic rings. The van der Waals surface area contributed by atoms with E-state index in [1.165, 1.54) is 0 Å². The van der Waals surface area contributed by atoms with Crippen molar-refractivity contribution in [2.75, 3.05) is 0 Å². The molecule has 0 saturated heterocycles. The maximum absolute atomic E-state index is 14.2. The molecule has 3 atom stereocenters. The molecule has 0 radical (unpaired) electrons. The van der Waals surface area contributed by atoms with Gasteiger partial charge in [-0.25, -0.2) is 8.78 Å². The second kappa shape index (κ2) is 3.27. The molecule has 0 aromatic carbocycles. The molecule has 100 valence electrons. The van der Waals surface area contributed by atoms with Crippen molar-refractivity contribution in [3.05, 3.63) is 17.0 Å². The molecular formula is C12H14F4N2. The quantitative estimate of drug-likeness (QED) is 0.740. The van der Waals surface area contributed by atoms with Gasteiger partial charge in [-0.05, 0) is 19.8 Å². The minimum Gasteiger partial charge on any atom is -0.260 e. The first-order chi connectivity index (χ1) is 8.28. The zero-order chi connectivity index (χ0) is 13.4. The van der Waals surface area contributed by atoms with Gasteiger partial charge in [0.2, 0.25) is 0 Å². The summed E-state index contributed by atoms with van der Waals surface area (Å²) >= 11 is 0. The molecule has 2 aliphatic carbocycles. The van der Waals surface area contributed by atoms with Gasteiger partial charge < -0.3 is 0 Å². The van der Waals surface area contributed by atoms with Crippen molar-refractivity contribution in [1.82, 2.24) is 9.78 Å². The molecule has 2 nitrogen and oxygen atoms in total. The number of halogens is 4. The highest BCUT2D eigenvalue weighted by molar-refractivity contribution is 5.47. The first kappa shape index (κ1) is 12.0. The van der Waals surface area contributed by atoms with Gasteiger partial charge in [0.15, 0.2) is 0 Å². The lowest BCUT2D eigenvalue weighted by molar-refractivity contribution is -0.0367. The van der Waals surface area contributed by atoms with Gasteiger partial charge in [-0.15, -0.1) is 0 Å². The second-order valence-corrected chi connectivity index (χ2v) is 5.52. The maximum atomic E-state index is 14.2. The van der Waals surface area contributed by atoms with Crippen LogP contribution in [-0.2, 0) is 5.92 Å². The van der Waals surface area contributed by atoms with E-state index in [9.17, 15) is 17.6 Å². The average Bonchev–Trinajstić information content (AvgIpc) is 2.69. The summed E-state index contributed by atoms with van der Waals surface area (Å²) in [5.74, 6) is -4.50. The average molecular weight is 262 g/mol. The van der Waals surface area contributed by atoms with Crippen LogP contribution in [0.3, 0.4) is 0 Å². The Morgan fingerprint density at radius 1 is 1.28 bits per heavy atom. The lowest BCUT2D eigenvalue weighted by Crippen LogP contribution is -2.22. The molecule has 6 heteroatoms. The molecule has 1 fully saturated rings. The summed E-state index contributed by atoms with van der Waals surface area (Å²) in [6.45, 7) is 5.03. The zero-order valence-corrected chi connectivity index (χ0v) is 10.3. The Balaban J connectivity index is 2.23. The van der Waals surface area contributed by atoms with Crippen LogP contribution in [0, 0.1) is 11.8 Å². The molecule has 1 heterocycles. The van der Waals surface area contributed by atoms with Gasteiger partial charge in [0.1, 0.15) is 11.4 Å². The molecule has 3 rings (SSSR count). The van der Waals surface area contributed by atoms with Crippen LogP contribution < -0.4 is 0 Å². The third-order valence-electron chi connectivity index (χ3n) is 4.12. The van der Waals surface area contributed by atoms with Gasteiger partial charge in [0.25, 0.3) is 12.3 Å². The second-order valence-electron chi connectivity index (χ2n) is 5.52. The van der Waals surface area contributed by atoms with Crippen molar-refractivity contribution in [3.8, 4) is 0 Å². The number of fused-ring (bicyclic) bond motifs is 3. The fourth-order valence-corrected chi connectivity index (χ4v) is 3.28. The molecule has 0 bridgehead atoms. The fraction of sp³-hybridized carbons (Fsp3) is 0.750. The molecule has 0 aliphatic heterocycles. The Labute approximate surface area is 102 Å².